The van der Waals surface area contributed by atoms with Crippen LogP contribution in [0.4, 0.5) is 0 Å². The molecule has 2 atom stereocenters. The van der Waals surface area contributed by atoms with E-state index in [2.05, 4.69) is 12.2 Å². The Kier molecular flexibility index (Phi) is 8.46. The third-order valence-electron chi connectivity index (χ3n) is 2.82. The molecule has 0 bridgehead atoms. The zero-order valence-corrected chi connectivity index (χ0v) is 12.3. The Morgan fingerprint density at radius 2 is 2.39 bits per heavy atom. The second kappa shape index (κ2) is 9.64. The van der Waals surface area contributed by atoms with Crippen molar-refractivity contribution >= 4 is 17.7 Å². The summed E-state index contributed by atoms with van der Waals surface area (Å²) in [6.45, 7) is 6.12. The molecule has 0 spiro atoms. The summed E-state index contributed by atoms with van der Waals surface area (Å²) in [5, 5.41) is 3.24. The first kappa shape index (κ1) is 15.8. The lowest BCUT2D eigenvalue weighted by molar-refractivity contribution is -0.144. The molecular weight excluding hydrogens is 250 g/mol. The summed E-state index contributed by atoms with van der Waals surface area (Å²) in [4.78, 5) is 11.7. The van der Waals surface area contributed by atoms with Gasteiger partial charge >= 0.3 is 5.97 Å². The maximum absolute atomic E-state index is 11.7. The maximum Gasteiger partial charge on any atom is 0.323 e. The molecule has 0 aromatic carbocycles. The van der Waals surface area contributed by atoms with Gasteiger partial charge in [0.25, 0.3) is 0 Å². The number of ether oxygens (including phenoxy) is 2. The molecule has 1 fully saturated rings. The fourth-order valence-electron chi connectivity index (χ4n) is 1.86. The van der Waals surface area contributed by atoms with Gasteiger partial charge in [-0.3, -0.25) is 4.79 Å². The van der Waals surface area contributed by atoms with Gasteiger partial charge in [-0.2, -0.15) is 11.8 Å². The highest BCUT2D eigenvalue weighted by atomic mass is 32.2. The molecule has 1 aliphatic heterocycles. The fourth-order valence-corrected chi connectivity index (χ4v) is 3.02. The van der Waals surface area contributed by atoms with E-state index in [1.54, 1.807) is 11.8 Å². The average molecular weight is 275 g/mol. The van der Waals surface area contributed by atoms with E-state index in [0.717, 1.165) is 37.5 Å². The van der Waals surface area contributed by atoms with Gasteiger partial charge in [0, 0.05) is 18.1 Å². The Balaban J connectivity index is 2.23. The highest BCUT2D eigenvalue weighted by Gasteiger charge is 2.21. The van der Waals surface area contributed by atoms with Gasteiger partial charge in [-0.05, 0) is 32.7 Å². The largest absolute Gasteiger partial charge is 0.465 e. The minimum Gasteiger partial charge on any atom is -0.465 e. The van der Waals surface area contributed by atoms with Crippen molar-refractivity contribution in [2.45, 2.75) is 45.3 Å². The van der Waals surface area contributed by atoms with Crippen LogP contribution in [-0.2, 0) is 14.3 Å². The van der Waals surface area contributed by atoms with Gasteiger partial charge in [0.05, 0.1) is 12.7 Å². The van der Waals surface area contributed by atoms with Crippen molar-refractivity contribution in [3.05, 3.63) is 0 Å². The molecule has 0 aromatic heterocycles. The van der Waals surface area contributed by atoms with Crippen molar-refractivity contribution in [3.8, 4) is 0 Å². The summed E-state index contributed by atoms with van der Waals surface area (Å²) in [6.07, 6.45) is 3.72. The molecule has 0 saturated carbocycles. The Morgan fingerprint density at radius 3 is 3.00 bits per heavy atom. The lowest BCUT2D eigenvalue weighted by atomic mass is 10.3. The molecule has 1 aliphatic rings. The van der Waals surface area contributed by atoms with E-state index in [1.165, 1.54) is 6.42 Å². The van der Waals surface area contributed by atoms with Crippen molar-refractivity contribution < 1.29 is 14.3 Å². The van der Waals surface area contributed by atoms with Crippen LogP contribution in [0, 0.1) is 0 Å². The lowest BCUT2D eigenvalue weighted by Crippen LogP contribution is -2.40. The Labute approximate surface area is 114 Å². The molecule has 1 N–H and O–H groups in total. The van der Waals surface area contributed by atoms with Crippen LogP contribution in [-0.4, -0.2) is 49.4 Å². The molecule has 18 heavy (non-hydrogen) atoms. The van der Waals surface area contributed by atoms with E-state index in [9.17, 15) is 4.79 Å². The van der Waals surface area contributed by atoms with E-state index < -0.39 is 0 Å². The molecule has 5 heteroatoms. The molecule has 1 rings (SSSR count). The number of carbonyl (C=O) groups excluding carboxylic acids is 1. The number of hydrogen-bond donors (Lipinski definition) is 1. The third kappa shape index (κ3) is 6.07. The molecule has 2 unspecified atom stereocenters. The van der Waals surface area contributed by atoms with Crippen LogP contribution in [0.1, 0.15) is 33.1 Å². The number of hydrogen-bond acceptors (Lipinski definition) is 5. The van der Waals surface area contributed by atoms with E-state index in [-0.39, 0.29) is 12.0 Å². The zero-order valence-electron chi connectivity index (χ0n) is 11.4. The molecule has 0 aliphatic carbocycles. The number of esters is 1. The monoisotopic (exact) mass is 275 g/mol. The molecule has 1 heterocycles. The van der Waals surface area contributed by atoms with E-state index in [4.69, 9.17) is 9.47 Å². The van der Waals surface area contributed by atoms with Gasteiger partial charge in [0.1, 0.15) is 6.04 Å². The predicted molar refractivity (Wildman–Crippen MR) is 75.0 cm³/mol. The summed E-state index contributed by atoms with van der Waals surface area (Å²) in [6, 6.07) is -0.184. The van der Waals surface area contributed by atoms with Crippen LogP contribution in [0.25, 0.3) is 0 Å². The van der Waals surface area contributed by atoms with Crippen LogP contribution in [0.15, 0.2) is 0 Å². The Bertz CT molecular complexity index is 232. The lowest BCUT2D eigenvalue weighted by Gasteiger charge is -2.17. The highest BCUT2D eigenvalue weighted by Crippen LogP contribution is 2.17. The highest BCUT2D eigenvalue weighted by molar-refractivity contribution is 7.99. The molecular formula is C13H25NO3S. The first-order valence-corrected chi connectivity index (χ1v) is 8.02. The second-order valence-electron chi connectivity index (χ2n) is 4.43. The van der Waals surface area contributed by atoms with Gasteiger partial charge in [0.15, 0.2) is 0 Å². The van der Waals surface area contributed by atoms with Gasteiger partial charge < -0.3 is 14.8 Å². The van der Waals surface area contributed by atoms with Gasteiger partial charge in [-0.15, -0.1) is 0 Å². The zero-order chi connectivity index (χ0) is 13.2. The molecule has 0 amide bonds. The Hall–Kier alpha value is -0.260. The Morgan fingerprint density at radius 1 is 1.56 bits per heavy atom. The predicted octanol–water partition coefficient (Wildman–Crippen LogP) is 1.83. The molecule has 0 aromatic rings. The van der Waals surface area contributed by atoms with Gasteiger partial charge in [-0.1, -0.05) is 6.92 Å². The molecule has 4 nitrogen and oxygen atoms in total. The average Bonchev–Trinajstić information content (AvgIpc) is 2.86. The summed E-state index contributed by atoms with van der Waals surface area (Å²) in [5.41, 5.74) is 0. The van der Waals surface area contributed by atoms with Gasteiger partial charge in [-0.25, -0.2) is 0 Å². The number of rotatable bonds is 9. The number of carbonyl (C=O) groups is 1. The van der Waals surface area contributed by atoms with Crippen LogP contribution in [0.3, 0.4) is 0 Å². The minimum absolute atomic E-state index is 0.134. The van der Waals surface area contributed by atoms with Crippen molar-refractivity contribution in [1.29, 1.82) is 0 Å². The quantitative estimate of drug-likeness (QED) is 0.651. The smallest absolute Gasteiger partial charge is 0.323 e. The molecule has 1 saturated heterocycles. The first-order chi connectivity index (χ1) is 8.77. The minimum atomic E-state index is -0.184. The standard InChI is InChI=1S/C13H25NO3S/c1-3-7-14-12(13(15)16-4-2)10-18-9-11-6-5-8-17-11/h11-12,14H,3-10H2,1-2H3. The second-order valence-corrected chi connectivity index (χ2v) is 5.51. The SMILES string of the molecule is CCCNC(CSCC1CCCO1)C(=O)OCC. The fraction of sp³-hybridized carbons (Fsp3) is 0.923. The third-order valence-corrected chi connectivity index (χ3v) is 4.00. The van der Waals surface area contributed by atoms with Gasteiger partial charge in [0.2, 0.25) is 0 Å². The summed E-state index contributed by atoms with van der Waals surface area (Å²) in [5.74, 6) is 1.60. The normalized spacial score (nSPS) is 20.9. The molecule has 106 valence electrons. The van der Waals surface area contributed by atoms with E-state index in [0.29, 0.717) is 12.7 Å². The van der Waals surface area contributed by atoms with E-state index in [1.807, 2.05) is 6.92 Å². The maximum atomic E-state index is 11.7. The number of thioether (sulfide) groups is 1. The van der Waals surface area contributed by atoms with Crippen LogP contribution >= 0.6 is 11.8 Å². The van der Waals surface area contributed by atoms with Crippen LogP contribution in [0.2, 0.25) is 0 Å². The summed E-state index contributed by atoms with van der Waals surface area (Å²) in [7, 11) is 0. The van der Waals surface area contributed by atoms with Crippen LogP contribution < -0.4 is 5.32 Å². The summed E-state index contributed by atoms with van der Waals surface area (Å²) >= 11 is 1.77. The van der Waals surface area contributed by atoms with Crippen molar-refractivity contribution in [2.24, 2.45) is 0 Å². The van der Waals surface area contributed by atoms with Crippen molar-refractivity contribution in [1.82, 2.24) is 5.32 Å². The van der Waals surface area contributed by atoms with Crippen molar-refractivity contribution in [3.63, 3.8) is 0 Å². The molecule has 0 radical (unpaired) electrons. The summed E-state index contributed by atoms with van der Waals surface area (Å²) < 4.78 is 10.6. The van der Waals surface area contributed by atoms with E-state index >= 15 is 0 Å². The number of nitrogens with one attached hydrogen (secondary N) is 1. The topological polar surface area (TPSA) is 47.6 Å². The van der Waals surface area contributed by atoms with Crippen molar-refractivity contribution in [2.75, 3.05) is 31.3 Å². The van der Waals surface area contributed by atoms with Crippen LogP contribution in [0.5, 0.6) is 0 Å². The first-order valence-electron chi connectivity index (χ1n) is 6.87.